The number of aliphatic hydroxyl groups is 1. The van der Waals surface area contributed by atoms with Crippen LogP contribution in [0.2, 0.25) is 0 Å². The minimum atomic E-state index is -4.95. The van der Waals surface area contributed by atoms with Crippen LogP contribution in [0.3, 0.4) is 0 Å². The highest BCUT2D eigenvalue weighted by Gasteiger charge is 2.30. The molecule has 528 valence electrons. The molecule has 0 radical (unpaired) electrons. The fourth-order valence-electron chi connectivity index (χ4n) is 10.5. The van der Waals surface area contributed by atoms with Gasteiger partial charge < -0.3 is 33.8 Å². The average molecular weight is 1310 g/mol. The van der Waals surface area contributed by atoms with E-state index >= 15 is 0 Å². The molecule has 0 bridgehead atoms. The smallest absolute Gasteiger partial charge is 0.462 e. The van der Waals surface area contributed by atoms with Crippen LogP contribution in [0.1, 0.15) is 344 Å². The molecule has 6 atom stereocenters. The number of unbranched alkanes of at least 4 members (excludes halogenated alkanes) is 32. The van der Waals surface area contributed by atoms with Crippen molar-refractivity contribution in [3.8, 4) is 0 Å². The number of phosphoric ester groups is 2. The maximum Gasteiger partial charge on any atom is 0.472 e. The summed E-state index contributed by atoms with van der Waals surface area (Å²) < 4.78 is 68.1. The van der Waals surface area contributed by atoms with Gasteiger partial charge in [-0.3, -0.25) is 37.3 Å². The van der Waals surface area contributed by atoms with E-state index in [0.717, 1.165) is 115 Å². The quantitative estimate of drug-likeness (QED) is 0.0222. The molecule has 0 aromatic carbocycles. The molecule has 0 heterocycles. The average Bonchev–Trinajstić information content (AvgIpc) is 3.51. The molecule has 0 saturated carbocycles. The molecule has 4 unspecified atom stereocenters. The van der Waals surface area contributed by atoms with Crippen LogP contribution >= 0.6 is 15.6 Å². The molecule has 19 heteroatoms. The highest BCUT2D eigenvalue weighted by Crippen LogP contribution is 2.45. The molecule has 0 aliphatic rings. The Morgan fingerprint density at radius 1 is 0.315 bits per heavy atom. The number of carbonyl (C=O) groups excluding carboxylic acids is 4. The number of phosphoric acid groups is 2. The number of carbonyl (C=O) groups is 4. The zero-order valence-corrected chi connectivity index (χ0v) is 59.8. The Morgan fingerprint density at radius 2 is 0.539 bits per heavy atom. The molecule has 3 N–H and O–H groups in total. The number of ether oxygens (including phenoxy) is 4. The van der Waals surface area contributed by atoms with Gasteiger partial charge in [0.15, 0.2) is 12.2 Å². The Hall–Kier alpha value is -1.94. The van der Waals surface area contributed by atoms with Crippen molar-refractivity contribution in [2.24, 2.45) is 23.7 Å². The molecule has 0 aromatic heterocycles. The third-order valence-electron chi connectivity index (χ3n) is 16.4. The summed E-state index contributed by atoms with van der Waals surface area (Å²) in [5.41, 5.74) is 0. The van der Waals surface area contributed by atoms with Gasteiger partial charge in [-0.25, -0.2) is 9.13 Å². The van der Waals surface area contributed by atoms with E-state index in [1.807, 2.05) is 0 Å². The number of rotatable bonds is 67. The Bertz CT molecular complexity index is 1770. The maximum absolute atomic E-state index is 13.0. The monoisotopic (exact) mass is 1310 g/mol. The number of esters is 4. The van der Waals surface area contributed by atoms with Gasteiger partial charge in [0, 0.05) is 25.7 Å². The molecule has 0 spiro atoms. The predicted octanol–water partition coefficient (Wildman–Crippen LogP) is 19.7. The Morgan fingerprint density at radius 3 is 0.798 bits per heavy atom. The summed E-state index contributed by atoms with van der Waals surface area (Å²) in [5.74, 6) is 0.762. The fourth-order valence-corrected chi connectivity index (χ4v) is 12.0. The van der Waals surface area contributed by atoms with Crippen LogP contribution in [-0.2, 0) is 65.4 Å². The summed E-state index contributed by atoms with van der Waals surface area (Å²) in [6.45, 7) is 14.0. The van der Waals surface area contributed by atoms with Crippen LogP contribution in [0.25, 0.3) is 0 Å². The molecular weight excluding hydrogens is 1170 g/mol. The molecule has 0 amide bonds. The van der Waals surface area contributed by atoms with E-state index in [9.17, 15) is 43.2 Å². The first-order chi connectivity index (χ1) is 42.6. The first kappa shape index (κ1) is 87.1. The van der Waals surface area contributed by atoms with Crippen molar-refractivity contribution in [1.29, 1.82) is 0 Å². The second-order valence-corrected chi connectivity index (χ2v) is 29.8. The van der Waals surface area contributed by atoms with Crippen LogP contribution in [0.5, 0.6) is 0 Å². The third kappa shape index (κ3) is 63.2. The summed E-state index contributed by atoms with van der Waals surface area (Å²) in [5, 5.41) is 10.6. The lowest BCUT2D eigenvalue weighted by atomic mass is 10.00. The van der Waals surface area contributed by atoms with E-state index in [1.165, 1.54) is 135 Å². The molecule has 17 nitrogen and oxygen atoms in total. The Balaban J connectivity index is 5.14. The molecule has 0 saturated heterocycles. The summed E-state index contributed by atoms with van der Waals surface area (Å²) in [4.78, 5) is 72.4. The number of aliphatic hydroxyl groups excluding tert-OH is 1. The van der Waals surface area contributed by atoms with Crippen molar-refractivity contribution in [2.45, 2.75) is 363 Å². The third-order valence-corrected chi connectivity index (χ3v) is 18.3. The highest BCUT2D eigenvalue weighted by molar-refractivity contribution is 7.47. The van der Waals surface area contributed by atoms with Crippen molar-refractivity contribution in [3.63, 3.8) is 0 Å². The van der Waals surface area contributed by atoms with Gasteiger partial charge in [0.1, 0.15) is 19.3 Å². The number of hydrogen-bond acceptors (Lipinski definition) is 15. The van der Waals surface area contributed by atoms with Crippen LogP contribution in [0, 0.1) is 23.7 Å². The standard InChI is InChI=1S/C70H136O17P2/c1-9-63(8)49-41-33-26-29-37-45-53-70(75)87-66(57-81-68(73)51-43-35-28-25-32-40-48-62(6)7)59-85-89(78,79)83-55-64(71)54-82-88(76,77)84-58-65(56-80-67(72)50-42-34-27-24-31-39-47-61(4)5)86-69(74)52-44-36-23-21-19-17-15-13-11-10-12-14-16-18-20-22-30-38-46-60(2)3/h60-66,71H,9-59H2,1-8H3,(H,76,77)(H,78,79)/t63?,64?,65-,66-/m1/s1. The van der Waals surface area contributed by atoms with Crippen molar-refractivity contribution >= 4 is 39.5 Å². The topological polar surface area (TPSA) is 237 Å². The summed E-state index contributed by atoms with van der Waals surface area (Å²) in [6.07, 6.45) is 42.2. The lowest BCUT2D eigenvalue weighted by Gasteiger charge is -2.21. The highest BCUT2D eigenvalue weighted by atomic mass is 31.2. The van der Waals surface area contributed by atoms with Crippen LogP contribution < -0.4 is 0 Å². The van der Waals surface area contributed by atoms with Crippen LogP contribution in [0.4, 0.5) is 0 Å². The lowest BCUT2D eigenvalue weighted by molar-refractivity contribution is -0.161. The lowest BCUT2D eigenvalue weighted by Crippen LogP contribution is -2.30. The van der Waals surface area contributed by atoms with Gasteiger partial charge in [-0.1, -0.05) is 293 Å². The van der Waals surface area contributed by atoms with Gasteiger partial charge in [0.05, 0.1) is 26.4 Å². The van der Waals surface area contributed by atoms with Crippen molar-refractivity contribution < 1.29 is 80.2 Å². The van der Waals surface area contributed by atoms with Crippen molar-refractivity contribution in [1.82, 2.24) is 0 Å². The summed E-state index contributed by atoms with van der Waals surface area (Å²) >= 11 is 0. The fraction of sp³-hybridized carbons (Fsp3) is 0.943. The first-order valence-electron chi connectivity index (χ1n) is 36.2. The zero-order valence-electron chi connectivity index (χ0n) is 58.1. The molecular formula is C70H136O17P2. The first-order valence-corrected chi connectivity index (χ1v) is 39.2. The van der Waals surface area contributed by atoms with Crippen LogP contribution in [-0.4, -0.2) is 96.7 Å². The predicted molar refractivity (Wildman–Crippen MR) is 358 cm³/mol. The number of hydrogen-bond donors (Lipinski definition) is 3. The van der Waals surface area contributed by atoms with E-state index in [4.69, 9.17) is 37.0 Å². The van der Waals surface area contributed by atoms with Crippen molar-refractivity contribution in [2.75, 3.05) is 39.6 Å². The van der Waals surface area contributed by atoms with E-state index in [1.54, 1.807) is 0 Å². The minimum absolute atomic E-state index is 0.101. The molecule has 0 aliphatic heterocycles. The van der Waals surface area contributed by atoms with Crippen LogP contribution in [0.15, 0.2) is 0 Å². The van der Waals surface area contributed by atoms with E-state index in [-0.39, 0.29) is 25.7 Å². The van der Waals surface area contributed by atoms with Gasteiger partial charge in [-0.05, 0) is 49.4 Å². The van der Waals surface area contributed by atoms with Gasteiger partial charge in [0.25, 0.3) is 0 Å². The summed E-state index contributed by atoms with van der Waals surface area (Å²) in [7, 11) is -9.90. The maximum atomic E-state index is 13.0. The van der Waals surface area contributed by atoms with E-state index in [0.29, 0.717) is 37.5 Å². The molecule has 0 fully saturated rings. The van der Waals surface area contributed by atoms with Gasteiger partial charge in [0.2, 0.25) is 0 Å². The minimum Gasteiger partial charge on any atom is -0.462 e. The largest absolute Gasteiger partial charge is 0.472 e. The second-order valence-electron chi connectivity index (χ2n) is 26.9. The normalized spacial score (nSPS) is 14.6. The summed E-state index contributed by atoms with van der Waals surface area (Å²) in [6, 6.07) is 0. The van der Waals surface area contributed by atoms with Gasteiger partial charge >= 0.3 is 39.5 Å². The molecule has 89 heavy (non-hydrogen) atoms. The Labute approximate surface area is 543 Å². The van der Waals surface area contributed by atoms with E-state index in [2.05, 4.69) is 55.4 Å². The SMILES string of the molecule is CCC(C)CCCCCCCCC(=O)O[C@H](COC(=O)CCCCCCCCC(C)C)COP(=O)(O)OCC(O)COP(=O)(O)OC[C@@H](COC(=O)CCCCCCCCC(C)C)OC(=O)CCCCCCCCCCCCCCCCCCCCC(C)C. The van der Waals surface area contributed by atoms with Gasteiger partial charge in [-0.15, -0.1) is 0 Å². The van der Waals surface area contributed by atoms with E-state index < -0.39 is 97.5 Å². The molecule has 0 aliphatic carbocycles. The van der Waals surface area contributed by atoms with Gasteiger partial charge in [-0.2, -0.15) is 0 Å². The zero-order chi connectivity index (χ0) is 66.1. The molecule has 0 aromatic rings. The Kier molecular flexibility index (Phi) is 58.5. The second kappa shape index (κ2) is 59.8. The van der Waals surface area contributed by atoms with Crippen molar-refractivity contribution in [3.05, 3.63) is 0 Å². The molecule has 0 rings (SSSR count).